The molecule has 2 fully saturated rings. The lowest BCUT2D eigenvalue weighted by atomic mass is 10.1. The van der Waals surface area contributed by atoms with Gasteiger partial charge < -0.3 is 4.90 Å². The molecular weight excluding hydrogens is 345 g/mol. The van der Waals surface area contributed by atoms with Crippen molar-refractivity contribution in [1.29, 1.82) is 0 Å². The van der Waals surface area contributed by atoms with Gasteiger partial charge in [0.05, 0.1) is 5.56 Å². The van der Waals surface area contributed by atoms with Crippen LogP contribution in [-0.2, 0) is 11.5 Å². The fraction of sp³-hybridized carbons (Fsp3) is 0.600. The van der Waals surface area contributed by atoms with E-state index < -0.39 is 11.7 Å². The summed E-state index contributed by atoms with van der Waals surface area (Å²) in [6, 6.07) is 5.22. The summed E-state index contributed by atoms with van der Waals surface area (Å²) in [4.78, 5) is 4.55. The highest BCUT2D eigenvalue weighted by Crippen LogP contribution is 2.36. The number of halogens is 4. The molecule has 2 saturated heterocycles. The van der Waals surface area contributed by atoms with Gasteiger partial charge in [-0.1, -0.05) is 22.0 Å². The van der Waals surface area contributed by atoms with E-state index in [1.807, 2.05) is 6.07 Å². The van der Waals surface area contributed by atoms with E-state index in [4.69, 9.17) is 0 Å². The van der Waals surface area contributed by atoms with Crippen LogP contribution in [0.3, 0.4) is 0 Å². The van der Waals surface area contributed by atoms with Crippen molar-refractivity contribution < 1.29 is 13.2 Å². The summed E-state index contributed by atoms with van der Waals surface area (Å²) in [6.45, 7) is 3.73. The second-order valence-corrected chi connectivity index (χ2v) is 6.31. The van der Waals surface area contributed by atoms with E-state index >= 15 is 0 Å². The second-order valence-electron chi connectivity index (χ2n) is 5.75. The van der Waals surface area contributed by atoms with Crippen LogP contribution in [0, 0.1) is 0 Å². The summed E-state index contributed by atoms with van der Waals surface area (Å²) in [5.74, 6) is 0. The molecular formula is C15H18BrF3N2. The molecule has 2 heterocycles. The van der Waals surface area contributed by atoms with E-state index in [0.717, 1.165) is 32.6 Å². The highest BCUT2D eigenvalue weighted by Gasteiger charge is 2.35. The Hall–Kier alpha value is -0.750. The lowest BCUT2D eigenvalue weighted by Crippen LogP contribution is -2.50. The maximum atomic E-state index is 13.1. The first-order chi connectivity index (χ1) is 9.99. The standard InChI is InChI=1S/C15H18BrF3N2/c16-9-11-3-4-12(8-14(11)15(17,18)19)21-7-6-20-5-1-2-13(20)10-21/h3-4,8,13H,1-2,5-7,9-10H2. The SMILES string of the molecule is FC(F)(F)c1cc(N2CCN3CCCC3C2)ccc1CBr. The van der Waals surface area contributed by atoms with Gasteiger partial charge in [0.15, 0.2) is 0 Å². The molecule has 116 valence electrons. The average molecular weight is 363 g/mol. The van der Waals surface area contributed by atoms with Gasteiger partial charge in [-0.15, -0.1) is 0 Å². The summed E-state index contributed by atoms with van der Waals surface area (Å²) >= 11 is 3.14. The third kappa shape index (κ3) is 3.06. The minimum atomic E-state index is -4.30. The zero-order valence-corrected chi connectivity index (χ0v) is 13.3. The Labute approximate surface area is 131 Å². The van der Waals surface area contributed by atoms with Gasteiger partial charge in [0.25, 0.3) is 0 Å². The van der Waals surface area contributed by atoms with Crippen LogP contribution in [0.1, 0.15) is 24.0 Å². The van der Waals surface area contributed by atoms with Crippen LogP contribution in [0.2, 0.25) is 0 Å². The summed E-state index contributed by atoms with van der Waals surface area (Å²) < 4.78 is 39.4. The Bertz CT molecular complexity index is 518. The fourth-order valence-electron chi connectivity index (χ4n) is 3.37. The van der Waals surface area contributed by atoms with Crippen molar-refractivity contribution in [3.63, 3.8) is 0 Å². The summed E-state index contributed by atoms with van der Waals surface area (Å²) in [5, 5.41) is 0.221. The maximum Gasteiger partial charge on any atom is 0.416 e. The van der Waals surface area contributed by atoms with E-state index in [1.54, 1.807) is 6.07 Å². The molecule has 0 aromatic heterocycles. The number of fused-ring (bicyclic) bond motifs is 1. The van der Waals surface area contributed by atoms with E-state index in [2.05, 4.69) is 25.7 Å². The zero-order chi connectivity index (χ0) is 15.0. The molecule has 2 aliphatic heterocycles. The first kappa shape index (κ1) is 15.2. The maximum absolute atomic E-state index is 13.1. The predicted octanol–water partition coefficient (Wildman–Crippen LogP) is 3.88. The molecule has 0 saturated carbocycles. The van der Waals surface area contributed by atoms with Crippen LogP contribution in [-0.4, -0.2) is 37.1 Å². The lowest BCUT2D eigenvalue weighted by Gasteiger charge is -2.39. The van der Waals surface area contributed by atoms with Gasteiger partial charge >= 0.3 is 6.18 Å². The summed E-state index contributed by atoms with van der Waals surface area (Å²) in [7, 11) is 0. The van der Waals surface area contributed by atoms with E-state index in [-0.39, 0.29) is 5.33 Å². The number of piperazine rings is 1. The fourth-order valence-corrected chi connectivity index (χ4v) is 3.86. The predicted molar refractivity (Wildman–Crippen MR) is 80.9 cm³/mol. The van der Waals surface area contributed by atoms with Crippen molar-refractivity contribution in [2.45, 2.75) is 30.4 Å². The highest BCUT2D eigenvalue weighted by molar-refractivity contribution is 9.08. The van der Waals surface area contributed by atoms with Crippen LogP contribution < -0.4 is 4.90 Å². The van der Waals surface area contributed by atoms with Crippen molar-refractivity contribution in [3.05, 3.63) is 29.3 Å². The largest absolute Gasteiger partial charge is 0.416 e. The van der Waals surface area contributed by atoms with E-state index in [1.165, 1.54) is 12.5 Å². The summed E-state index contributed by atoms with van der Waals surface area (Å²) in [6.07, 6.45) is -1.94. The number of hydrogen-bond donors (Lipinski definition) is 0. The van der Waals surface area contributed by atoms with Gasteiger partial charge in [-0.25, -0.2) is 0 Å². The second kappa shape index (κ2) is 5.80. The Morgan fingerprint density at radius 3 is 2.71 bits per heavy atom. The first-order valence-corrected chi connectivity index (χ1v) is 8.36. The van der Waals surface area contributed by atoms with Crippen LogP contribution in [0.4, 0.5) is 18.9 Å². The zero-order valence-electron chi connectivity index (χ0n) is 11.7. The van der Waals surface area contributed by atoms with Crippen LogP contribution in [0.25, 0.3) is 0 Å². The van der Waals surface area contributed by atoms with Crippen molar-refractivity contribution in [1.82, 2.24) is 4.90 Å². The quantitative estimate of drug-likeness (QED) is 0.736. The molecule has 6 heteroatoms. The normalized spacial score (nSPS) is 23.4. The minimum absolute atomic E-state index is 0.221. The van der Waals surface area contributed by atoms with Crippen molar-refractivity contribution in [3.8, 4) is 0 Å². The molecule has 1 aromatic rings. The number of alkyl halides is 4. The Morgan fingerprint density at radius 1 is 1.19 bits per heavy atom. The first-order valence-electron chi connectivity index (χ1n) is 7.24. The van der Waals surface area contributed by atoms with Crippen molar-refractivity contribution in [2.24, 2.45) is 0 Å². The molecule has 1 unspecified atom stereocenters. The van der Waals surface area contributed by atoms with E-state index in [9.17, 15) is 13.2 Å². The number of benzene rings is 1. The summed E-state index contributed by atoms with van der Waals surface area (Å²) in [5.41, 5.74) is 0.468. The molecule has 0 N–H and O–H groups in total. The molecule has 1 atom stereocenters. The average Bonchev–Trinajstić information content (AvgIpc) is 2.93. The van der Waals surface area contributed by atoms with Crippen LogP contribution in [0.5, 0.6) is 0 Å². The molecule has 0 bridgehead atoms. The molecule has 21 heavy (non-hydrogen) atoms. The van der Waals surface area contributed by atoms with Crippen molar-refractivity contribution >= 4 is 21.6 Å². The van der Waals surface area contributed by atoms with Crippen molar-refractivity contribution in [2.75, 3.05) is 31.1 Å². The van der Waals surface area contributed by atoms with E-state index in [0.29, 0.717) is 17.3 Å². The number of hydrogen-bond acceptors (Lipinski definition) is 2. The van der Waals surface area contributed by atoms with Crippen LogP contribution >= 0.6 is 15.9 Å². The molecule has 2 nitrogen and oxygen atoms in total. The molecule has 0 aliphatic carbocycles. The van der Waals surface area contributed by atoms with Gasteiger partial charge in [-0.3, -0.25) is 4.90 Å². The third-order valence-electron chi connectivity index (χ3n) is 4.50. The molecule has 2 aliphatic rings. The smallest absolute Gasteiger partial charge is 0.369 e. The minimum Gasteiger partial charge on any atom is -0.369 e. The number of anilines is 1. The molecule has 1 aromatic carbocycles. The number of nitrogens with zero attached hydrogens (tertiary/aromatic N) is 2. The lowest BCUT2D eigenvalue weighted by molar-refractivity contribution is -0.138. The van der Waals surface area contributed by atoms with Gasteiger partial charge in [-0.2, -0.15) is 13.2 Å². The third-order valence-corrected chi connectivity index (χ3v) is 5.10. The van der Waals surface area contributed by atoms with Crippen LogP contribution in [0.15, 0.2) is 18.2 Å². The van der Waals surface area contributed by atoms with Gasteiger partial charge in [-0.05, 0) is 37.1 Å². The topological polar surface area (TPSA) is 6.48 Å². The monoisotopic (exact) mass is 362 g/mol. The Kier molecular flexibility index (Phi) is 4.19. The molecule has 0 radical (unpaired) electrons. The molecule has 3 rings (SSSR count). The van der Waals surface area contributed by atoms with Gasteiger partial charge in [0, 0.05) is 36.7 Å². The number of rotatable bonds is 2. The molecule has 0 amide bonds. The van der Waals surface area contributed by atoms with Gasteiger partial charge in [0.2, 0.25) is 0 Å². The Balaban J connectivity index is 1.85. The Morgan fingerprint density at radius 2 is 2.00 bits per heavy atom. The van der Waals surface area contributed by atoms with Gasteiger partial charge in [0.1, 0.15) is 0 Å². The highest BCUT2D eigenvalue weighted by atomic mass is 79.9. The molecule has 0 spiro atoms.